The first-order chi connectivity index (χ1) is 7.69. The van der Waals surface area contributed by atoms with Crippen LogP contribution in [0, 0.1) is 5.92 Å². The molecule has 92 valence electrons. The number of esters is 1. The van der Waals surface area contributed by atoms with E-state index >= 15 is 0 Å². The largest absolute Gasteiger partial charge is 0.466 e. The molecule has 1 unspecified atom stereocenters. The third-order valence-corrected chi connectivity index (χ3v) is 3.36. The SMILES string of the molecule is CCCC(C)C1=C(CC(=O)OCC)CCC1. The van der Waals surface area contributed by atoms with E-state index in [9.17, 15) is 4.79 Å². The summed E-state index contributed by atoms with van der Waals surface area (Å²) in [6, 6.07) is 0. The minimum absolute atomic E-state index is 0.0550. The first kappa shape index (κ1) is 13.3. The van der Waals surface area contributed by atoms with Crippen molar-refractivity contribution < 1.29 is 9.53 Å². The third-order valence-electron chi connectivity index (χ3n) is 3.36. The second kappa shape index (κ2) is 6.72. The minimum atomic E-state index is -0.0550. The van der Waals surface area contributed by atoms with Gasteiger partial charge in [-0.1, -0.05) is 31.4 Å². The molecule has 0 aromatic carbocycles. The zero-order valence-corrected chi connectivity index (χ0v) is 10.8. The first-order valence-electron chi connectivity index (χ1n) is 6.55. The summed E-state index contributed by atoms with van der Waals surface area (Å²) in [5, 5.41) is 0. The van der Waals surface area contributed by atoms with Gasteiger partial charge in [0.25, 0.3) is 0 Å². The molecule has 0 fully saturated rings. The number of carbonyl (C=O) groups excluding carboxylic acids is 1. The molecule has 1 aliphatic rings. The molecule has 0 saturated heterocycles. The average molecular weight is 224 g/mol. The van der Waals surface area contributed by atoms with Crippen molar-refractivity contribution in [2.75, 3.05) is 6.61 Å². The van der Waals surface area contributed by atoms with Gasteiger partial charge in [-0.05, 0) is 38.5 Å². The van der Waals surface area contributed by atoms with Crippen LogP contribution in [0.1, 0.15) is 59.3 Å². The fraction of sp³-hybridized carbons (Fsp3) is 0.786. The van der Waals surface area contributed by atoms with Gasteiger partial charge in [0.1, 0.15) is 0 Å². The molecule has 2 heteroatoms. The summed E-state index contributed by atoms with van der Waals surface area (Å²) in [5.41, 5.74) is 2.90. The highest BCUT2D eigenvalue weighted by Crippen LogP contribution is 2.35. The summed E-state index contributed by atoms with van der Waals surface area (Å²) in [5.74, 6) is 0.595. The van der Waals surface area contributed by atoms with Gasteiger partial charge in [0.2, 0.25) is 0 Å². The molecule has 0 radical (unpaired) electrons. The van der Waals surface area contributed by atoms with Gasteiger partial charge in [0, 0.05) is 0 Å². The van der Waals surface area contributed by atoms with E-state index in [1.165, 1.54) is 36.8 Å². The molecule has 0 spiro atoms. The predicted molar refractivity (Wildman–Crippen MR) is 66.2 cm³/mol. The summed E-state index contributed by atoms with van der Waals surface area (Å²) in [4.78, 5) is 11.5. The lowest BCUT2D eigenvalue weighted by Crippen LogP contribution is -2.07. The normalized spacial score (nSPS) is 17.7. The van der Waals surface area contributed by atoms with E-state index in [1.54, 1.807) is 0 Å². The van der Waals surface area contributed by atoms with Crippen LogP contribution >= 0.6 is 0 Å². The van der Waals surface area contributed by atoms with Crippen molar-refractivity contribution in [3.8, 4) is 0 Å². The molecule has 0 aromatic rings. The number of hydrogen-bond donors (Lipinski definition) is 0. The average Bonchev–Trinajstić information content (AvgIpc) is 2.66. The van der Waals surface area contributed by atoms with Crippen molar-refractivity contribution in [1.82, 2.24) is 0 Å². The van der Waals surface area contributed by atoms with Gasteiger partial charge >= 0.3 is 5.97 Å². The Hall–Kier alpha value is -0.790. The molecular weight excluding hydrogens is 200 g/mol. The molecular formula is C14H24O2. The Morgan fingerprint density at radius 2 is 2.12 bits per heavy atom. The zero-order valence-electron chi connectivity index (χ0n) is 10.8. The molecule has 1 rings (SSSR count). The van der Waals surface area contributed by atoms with Gasteiger partial charge in [-0.2, -0.15) is 0 Å². The molecule has 0 aliphatic heterocycles. The minimum Gasteiger partial charge on any atom is -0.466 e. The van der Waals surface area contributed by atoms with Crippen LogP contribution in [0.25, 0.3) is 0 Å². The summed E-state index contributed by atoms with van der Waals surface area (Å²) < 4.78 is 5.02. The topological polar surface area (TPSA) is 26.3 Å². The maximum atomic E-state index is 11.5. The smallest absolute Gasteiger partial charge is 0.309 e. The molecule has 0 aromatic heterocycles. The van der Waals surface area contributed by atoms with Crippen LogP contribution in [0.15, 0.2) is 11.1 Å². The van der Waals surface area contributed by atoms with E-state index in [-0.39, 0.29) is 5.97 Å². The highest BCUT2D eigenvalue weighted by Gasteiger charge is 2.21. The van der Waals surface area contributed by atoms with Crippen LogP contribution in [0.5, 0.6) is 0 Å². The number of rotatable bonds is 6. The molecule has 0 amide bonds. The van der Waals surface area contributed by atoms with Crippen molar-refractivity contribution in [3.05, 3.63) is 11.1 Å². The monoisotopic (exact) mass is 224 g/mol. The Bertz CT molecular complexity index is 266. The Balaban J connectivity index is 2.60. The van der Waals surface area contributed by atoms with Crippen molar-refractivity contribution in [2.24, 2.45) is 5.92 Å². The molecule has 0 bridgehead atoms. The van der Waals surface area contributed by atoms with E-state index in [4.69, 9.17) is 4.74 Å². The lowest BCUT2D eigenvalue weighted by molar-refractivity contribution is -0.142. The molecule has 16 heavy (non-hydrogen) atoms. The van der Waals surface area contributed by atoms with Crippen LogP contribution in [0.3, 0.4) is 0 Å². The first-order valence-corrected chi connectivity index (χ1v) is 6.55. The fourth-order valence-corrected chi connectivity index (χ4v) is 2.62. The van der Waals surface area contributed by atoms with E-state index in [1.807, 2.05) is 6.92 Å². The second-order valence-corrected chi connectivity index (χ2v) is 4.65. The van der Waals surface area contributed by atoms with Crippen molar-refractivity contribution >= 4 is 5.97 Å². The third kappa shape index (κ3) is 3.66. The van der Waals surface area contributed by atoms with Gasteiger partial charge in [0.05, 0.1) is 13.0 Å². The lowest BCUT2D eigenvalue weighted by atomic mass is 9.92. The van der Waals surface area contributed by atoms with Crippen LogP contribution in [-0.2, 0) is 9.53 Å². The Labute approximate surface area is 99.1 Å². The van der Waals surface area contributed by atoms with Crippen LogP contribution in [-0.4, -0.2) is 12.6 Å². The summed E-state index contributed by atoms with van der Waals surface area (Å²) in [6.07, 6.45) is 6.49. The second-order valence-electron chi connectivity index (χ2n) is 4.65. The molecule has 1 atom stereocenters. The Morgan fingerprint density at radius 1 is 1.38 bits per heavy atom. The number of allylic oxidation sites excluding steroid dienone is 1. The van der Waals surface area contributed by atoms with Gasteiger partial charge in [-0.25, -0.2) is 0 Å². The van der Waals surface area contributed by atoms with Gasteiger partial charge in [-0.15, -0.1) is 0 Å². The zero-order chi connectivity index (χ0) is 12.0. The standard InChI is InChI=1S/C14H24O2/c1-4-7-11(3)13-9-6-8-12(13)10-14(15)16-5-2/h11H,4-10H2,1-3H3. The maximum absolute atomic E-state index is 11.5. The fourth-order valence-electron chi connectivity index (χ4n) is 2.62. The maximum Gasteiger partial charge on any atom is 0.309 e. The summed E-state index contributed by atoms with van der Waals surface area (Å²) in [6.45, 7) is 6.86. The Morgan fingerprint density at radius 3 is 2.75 bits per heavy atom. The number of carbonyl (C=O) groups is 1. The predicted octanol–water partition coefficient (Wildman–Crippen LogP) is 3.86. The van der Waals surface area contributed by atoms with Crippen LogP contribution in [0.4, 0.5) is 0 Å². The van der Waals surface area contributed by atoms with Gasteiger partial charge < -0.3 is 4.74 Å². The van der Waals surface area contributed by atoms with E-state index in [0.29, 0.717) is 18.9 Å². The van der Waals surface area contributed by atoms with E-state index in [2.05, 4.69) is 13.8 Å². The molecule has 0 N–H and O–H groups in total. The highest BCUT2D eigenvalue weighted by molar-refractivity contribution is 5.72. The van der Waals surface area contributed by atoms with Crippen molar-refractivity contribution in [2.45, 2.75) is 59.3 Å². The quantitative estimate of drug-likeness (QED) is 0.506. The molecule has 1 aliphatic carbocycles. The van der Waals surface area contributed by atoms with E-state index < -0.39 is 0 Å². The van der Waals surface area contributed by atoms with Crippen molar-refractivity contribution in [3.63, 3.8) is 0 Å². The number of hydrogen-bond acceptors (Lipinski definition) is 2. The molecule has 2 nitrogen and oxygen atoms in total. The van der Waals surface area contributed by atoms with Crippen molar-refractivity contribution in [1.29, 1.82) is 0 Å². The molecule has 0 saturated carbocycles. The number of ether oxygens (including phenoxy) is 1. The van der Waals surface area contributed by atoms with E-state index in [0.717, 1.165) is 6.42 Å². The Kier molecular flexibility index (Phi) is 5.58. The van der Waals surface area contributed by atoms with Gasteiger partial charge in [0.15, 0.2) is 0 Å². The summed E-state index contributed by atoms with van der Waals surface area (Å²) in [7, 11) is 0. The van der Waals surface area contributed by atoms with Crippen LogP contribution < -0.4 is 0 Å². The summed E-state index contributed by atoms with van der Waals surface area (Å²) >= 11 is 0. The van der Waals surface area contributed by atoms with Crippen LogP contribution in [0.2, 0.25) is 0 Å². The molecule has 0 heterocycles. The van der Waals surface area contributed by atoms with Gasteiger partial charge in [-0.3, -0.25) is 4.79 Å². The highest BCUT2D eigenvalue weighted by atomic mass is 16.5. The lowest BCUT2D eigenvalue weighted by Gasteiger charge is -2.14.